The van der Waals surface area contributed by atoms with E-state index in [2.05, 4.69) is 24.1 Å². The van der Waals surface area contributed by atoms with E-state index in [-0.39, 0.29) is 22.7 Å². The van der Waals surface area contributed by atoms with Crippen LogP contribution in [0.5, 0.6) is 0 Å². The molecule has 0 aliphatic carbocycles. The maximum absolute atomic E-state index is 12.9. The van der Waals surface area contributed by atoms with Gasteiger partial charge in [0.1, 0.15) is 10.6 Å². The number of nitrogens with zero attached hydrogens (tertiary/aromatic N) is 2. The zero-order valence-corrected chi connectivity index (χ0v) is 16.3. The van der Waals surface area contributed by atoms with E-state index in [1.54, 1.807) is 0 Å². The number of alkyl halides is 2. The Labute approximate surface area is 157 Å². The molecule has 1 atom stereocenters. The summed E-state index contributed by atoms with van der Waals surface area (Å²) in [7, 11) is 0. The number of hydrogen-bond acceptors (Lipinski definition) is 4. The molecule has 2 rings (SSSR count). The zero-order valence-electron chi connectivity index (χ0n) is 15.5. The average Bonchev–Trinajstić information content (AvgIpc) is 3.10. The van der Waals surface area contributed by atoms with E-state index in [9.17, 15) is 18.4 Å². The van der Waals surface area contributed by atoms with Crippen molar-refractivity contribution in [2.75, 3.05) is 13.1 Å². The lowest BCUT2D eigenvalue weighted by Gasteiger charge is -2.35. The molecule has 0 radical (unpaired) electrons. The summed E-state index contributed by atoms with van der Waals surface area (Å²) < 4.78 is 25.7. The first kappa shape index (κ1) is 20.7. The van der Waals surface area contributed by atoms with E-state index in [0.717, 1.165) is 30.6 Å². The fourth-order valence-electron chi connectivity index (χ4n) is 3.19. The number of rotatable bonds is 7. The Morgan fingerprint density at radius 3 is 2.54 bits per heavy atom. The van der Waals surface area contributed by atoms with Crippen LogP contribution >= 0.6 is 11.3 Å². The molecule has 5 nitrogen and oxygen atoms in total. The summed E-state index contributed by atoms with van der Waals surface area (Å²) >= 11 is 0.931. The summed E-state index contributed by atoms with van der Waals surface area (Å²) in [6.07, 6.45) is 0.332. The van der Waals surface area contributed by atoms with Crippen molar-refractivity contribution in [3.8, 4) is 0 Å². The molecule has 1 aromatic rings. The van der Waals surface area contributed by atoms with E-state index in [1.807, 2.05) is 11.8 Å². The van der Waals surface area contributed by atoms with Crippen molar-refractivity contribution in [2.45, 2.75) is 58.9 Å². The van der Waals surface area contributed by atoms with E-state index in [4.69, 9.17) is 0 Å². The molecule has 0 spiro atoms. The van der Waals surface area contributed by atoms with Crippen molar-refractivity contribution in [1.29, 1.82) is 0 Å². The fourth-order valence-corrected chi connectivity index (χ4v) is 3.89. The number of halogens is 2. The molecule has 26 heavy (non-hydrogen) atoms. The molecule has 0 unspecified atom stereocenters. The molecule has 1 N–H and O–H groups in total. The number of thiazole rings is 1. The van der Waals surface area contributed by atoms with Crippen LogP contribution in [0, 0.1) is 11.8 Å². The highest BCUT2D eigenvalue weighted by Crippen LogP contribution is 2.26. The smallest absolute Gasteiger partial charge is 0.281 e. The number of carbonyl (C=O) groups excluding carboxylic acids is 2. The summed E-state index contributed by atoms with van der Waals surface area (Å²) in [4.78, 5) is 29.9. The number of nitrogens with one attached hydrogen (secondary N) is 1. The van der Waals surface area contributed by atoms with Gasteiger partial charge in [0.15, 0.2) is 0 Å². The van der Waals surface area contributed by atoms with Gasteiger partial charge in [-0.2, -0.15) is 0 Å². The van der Waals surface area contributed by atoms with Gasteiger partial charge in [0.25, 0.3) is 12.3 Å². The monoisotopic (exact) mass is 387 g/mol. The summed E-state index contributed by atoms with van der Waals surface area (Å²) in [5.41, 5.74) is 0.813. The van der Waals surface area contributed by atoms with Crippen molar-refractivity contribution in [3.05, 3.63) is 16.1 Å². The number of hydrogen-bond donors (Lipinski definition) is 1. The molecule has 0 aromatic carbocycles. The lowest BCUT2D eigenvalue weighted by atomic mass is 9.90. The van der Waals surface area contributed by atoms with E-state index < -0.39 is 18.0 Å². The molecule has 0 bridgehead atoms. The molecular weight excluding hydrogens is 360 g/mol. The van der Waals surface area contributed by atoms with Gasteiger partial charge in [-0.1, -0.05) is 13.8 Å². The Hall–Kier alpha value is -1.57. The van der Waals surface area contributed by atoms with Gasteiger partial charge in [-0.3, -0.25) is 9.59 Å². The number of carbonyl (C=O) groups is 2. The normalized spacial score (nSPS) is 17.0. The Bertz CT molecular complexity index is 613. The van der Waals surface area contributed by atoms with Gasteiger partial charge in [0.2, 0.25) is 5.91 Å². The van der Waals surface area contributed by atoms with Crippen molar-refractivity contribution in [1.82, 2.24) is 15.2 Å². The lowest BCUT2D eigenvalue weighted by molar-refractivity contribution is -0.133. The lowest BCUT2D eigenvalue weighted by Crippen LogP contribution is -2.45. The first-order valence-electron chi connectivity index (χ1n) is 9.09. The Morgan fingerprint density at radius 1 is 1.31 bits per heavy atom. The van der Waals surface area contributed by atoms with Crippen LogP contribution in [0.1, 0.15) is 68.2 Å². The maximum Gasteiger partial charge on any atom is 0.281 e. The maximum atomic E-state index is 12.9. The van der Waals surface area contributed by atoms with Crippen molar-refractivity contribution in [3.63, 3.8) is 0 Å². The SMILES string of the molecule is CC(C)CCC(=O)N1CCC([C@@H](C)NC(=O)c2scnc2C(F)F)CC1. The number of aromatic nitrogens is 1. The Kier molecular flexibility index (Phi) is 7.49. The summed E-state index contributed by atoms with van der Waals surface area (Å²) in [6.45, 7) is 7.47. The minimum atomic E-state index is -2.75. The highest BCUT2D eigenvalue weighted by molar-refractivity contribution is 7.11. The van der Waals surface area contributed by atoms with Crippen LogP contribution < -0.4 is 5.32 Å². The number of amides is 2. The highest BCUT2D eigenvalue weighted by atomic mass is 32.1. The first-order valence-corrected chi connectivity index (χ1v) is 9.97. The molecular formula is C18H27F2N3O2S. The molecule has 1 aliphatic rings. The molecule has 1 aromatic heterocycles. The van der Waals surface area contributed by atoms with Gasteiger partial charge in [-0.25, -0.2) is 13.8 Å². The third-order valence-electron chi connectivity index (χ3n) is 4.90. The van der Waals surface area contributed by atoms with Crippen LogP contribution in [-0.2, 0) is 4.79 Å². The molecule has 2 amide bonds. The quantitative estimate of drug-likeness (QED) is 0.772. The third kappa shape index (κ3) is 5.46. The summed E-state index contributed by atoms with van der Waals surface area (Å²) in [6, 6.07) is -0.136. The topological polar surface area (TPSA) is 62.3 Å². The molecule has 2 heterocycles. The fraction of sp³-hybridized carbons (Fsp3) is 0.722. The summed E-state index contributed by atoms with van der Waals surface area (Å²) in [5.74, 6) is 0.443. The van der Waals surface area contributed by atoms with Gasteiger partial charge in [0.05, 0.1) is 5.51 Å². The van der Waals surface area contributed by atoms with Crippen LogP contribution in [0.25, 0.3) is 0 Å². The number of piperidine rings is 1. The minimum absolute atomic E-state index is 0.0202. The van der Waals surface area contributed by atoms with Crippen LogP contribution in [0.2, 0.25) is 0 Å². The standard InChI is InChI=1S/C18H27F2N3O2S/c1-11(2)4-5-14(24)23-8-6-13(7-9-23)12(3)22-18(25)16-15(17(19)20)21-10-26-16/h10-13,17H,4-9H2,1-3H3,(H,22,25)/t12-/m1/s1. The molecule has 8 heteroatoms. The second-order valence-electron chi connectivity index (χ2n) is 7.28. The van der Waals surface area contributed by atoms with Gasteiger partial charge in [0, 0.05) is 25.6 Å². The minimum Gasteiger partial charge on any atom is -0.349 e. The van der Waals surface area contributed by atoms with Crippen LogP contribution in [-0.4, -0.2) is 40.8 Å². The van der Waals surface area contributed by atoms with Gasteiger partial charge in [-0.15, -0.1) is 11.3 Å². The zero-order chi connectivity index (χ0) is 19.3. The van der Waals surface area contributed by atoms with E-state index >= 15 is 0 Å². The average molecular weight is 387 g/mol. The largest absolute Gasteiger partial charge is 0.349 e. The van der Waals surface area contributed by atoms with Crippen LogP contribution in [0.3, 0.4) is 0 Å². The second-order valence-corrected chi connectivity index (χ2v) is 8.14. The predicted octanol–water partition coefficient (Wildman–Crippen LogP) is 3.87. The van der Waals surface area contributed by atoms with Gasteiger partial charge in [-0.05, 0) is 38.0 Å². The van der Waals surface area contributed by atoms with Gasteiger partial charge >= 0.3 is 0 Å². The summed E-state index contributed by atoms with van der Waals surface area (Å²) in [5, 5.41) is 2.83. The van der Waals surface area contributed by atoms with Crippen molar-refractivity contribution >= 4 is 23.2 Å². The molecule has 0 saturated carbocycles. The van der Waals surface area contributed by atoms with Crippen molar-refractivity contribution in [2.24, 2.45) is 11.8 Å². The van der Waals surface area contributed by atoms with E-state index in [0.29, 0.717) is 25.4 Å². The number of likely N-dealkylation sites (tertiary alicyclic amines) is 1. The predicted molar refractivity (Wildman–Crippen MR) is 97.4 cm³/mol. The van der Waals surface area contributed by atoms with Crippen molar-refractivity contribution < 1.29 is 18.4 Å². The molecule has 1 fully saturated rings. The van der Waals surface area contributed by atoms with Crippen LogP contribution in [0.4, 0.5) is 8.78 Å². The molecule has 1 saturated heterocycles. The highest BCUT2D eigenvalue weighted by Gasteiger charge is 2.29. The molecule has 146 valence electrons. The molecule has 1 aliphatic heterocycles. The Balaban J connectivity index is 1.82. The van der Waals surface area contributed by atoms with Crippen LogP contribution in [0.15, 0.2) is 5.51 Å². The third-order valence-corrected chi connectivity index (χ3v) is 5.74. The van der Waals surface area contributed by atoms with E-state index in [1.165, 1.54) is 5.51 Å². The second kappa shape index (κ2) is 9.39. The van der Waals surface area contributed by atoms with Gasteiger partial charge < -0.3 is 10.2 Å². The first-order chi connectivity index (χ1) is 12.3. The Morgan fingerprint density at radius 2 is 1.96 bits per heavy atom.